The van der Waals surface area contributed by atoms with Crippen molar-refractivity contribution in [2.45, 2.75) is 38.2 Å². The maximum Gasteiger partial charge on any atom is 0.118 e. The summed E-state index contributed by atoms with van der Waals surface area (Å²) in [5.74, 6) is 0.894. The minimum absolute atomic E-state index is 0.273. The molecule has 0 saturated heterocycles. The smallest absolute Gasteiger partial charge is 0.118 e. The minimum atomic E-state index is -0.273. The van der Waals surface area contributed by atoms with Crippen molar-refractivity contribution in [3.05, 3.63) is 59.9 Å². The number of hydrogen-bond donors (Lipinski definition) is 1. The number of methoxy groups -OCH3 is 1. The van der Waals surface area contributed by atoms with E-state index in [1.165, 1.54) is 5.56 Å². The van der Waals surface area contributed by atoms with Crippen molar-refractivity contribution < 1.29 is 9.84 Å². The van der Waals surface area contributed by atoms with Gasteiger partial charge < -0.3 is 9.84 Å². The number of hydrogen-bond acceptors (Lipinski definition) is 3. The number of pyridine rings is 1. The van der Waals surface area contributed by atoms with Crippen LogP contribution in [0.25, 0.3) is 0 Å². The summed E-state index contributed by atoms with van der Waals surface area (Å²) in [6.45, 7) is 0. The number of unbranched alkanes of at least 4 members (excludes halogenated alkanes) is 1. The van der Waals surface area contributed by atoms with Gasteiger partial charge in [-0.1, -0.05) is 24.6 Å². The molecule has 1 atom stereocenters. The molecule has 0 radical (unpaired) electrons. The highest BCUT2D eigenvalue weighted by Crippen LogP contribution is 2.14. The van der Waals surface area contributed by atoms with Crippen molar-refractivity contribution in [1.82, 2.24) is 4.98 Å². The lowest BCUT2D eigenvalue weighted by molar-refractivity contribution is 0.161. The Hall–Kier alpha value is -1.87. The number of aryl methyl sites for hydroxylation is 1. The van der Waals surface area contributed by atoms with E-state index in [-0.39, 0.29) is 6.10 Å². The Morgan fingerprint density at radius 3 is 2.57 bits per heavy atom. The van der Waals surface area contributed by atoms with E-state index in [0.717, 1.165) is 37.0 Å². The molecule has 0 aliphatic carbocycles. The van der Waals surface area contributed by atoms with Crippen LogP contribution >= 0.6 is 0 Å². The lowest BCUT2D eigenvalue weighted by Gasteiger charge is -2.10. The second kappa shape index (κ2) is 8.42. The third kappa shape index (κ3) is 5.56. The number of benzene rings is 1. The number of rotatable bonds is 8. The molecule has 2 aromatic rings. The third-order valence-electron chi connectivity index (χ3n) is 3.61. The van der Waals surface area contributed by atoms with Crippen molar-refractivity contribution in [3.63, 3.8) is 0 Å². The summed E-state index contributed by atoms with van der Waals surface area (Å²) in [4.78, 5) is 4.07. The summed E-state index contributed by atoms with van der Waals surface area (Å²) in [6, 6.07) is 12.1. The molecule has 1 heterocycles. The second-order valence-electron chi connectivity index (χ2n) is 5.31. The Morgan fingerprint density at radius 2 is 1.90 bits per heavy atom. The fourth-order valence-electron chi connectivity index (χ4n) is 2.39. The first kappa shape index (κ1) is 15.5. The van der Waals surface area contributed by atoms with Crippen LogP contribution in [0.3, 0.4) is 0 Å². The molecular weight excluding hydrogens is 262 g/mol. The molecule has 0 spiro atoms. The normalized spacial score (nSPS) is 12.1. The van der Waals surface area contributed by atoms with E-state index in [1.807, 2.05) is 30.5 Å². The fraction of sp³-hybridized carbons (Fsp3) is 0.389. The summed E-state index contributed by atoms with van der Waals surface area (Å²) in [5, 5.41) is 10.0. The van der Waals surface area contributed by atoms with E-state index in [4.69, 9.17) is 4.74 Å². The van der Waals surface area contributed by atoms with Crippen LogP contribution < -0.4 is 4.74 Å². The Bertz CT molecular complexity index is 511. The predicted octanol–water partition coefficient (Wildman–Crippen LogP) is 3.41. The molecule has 1 aromatic carbocycles. The topological polar surface area (TPSA) is 42.4 Å². The minimum Gasteiger partial charge on any atom is -0.497 e. The highest BCUT2D eigenvalue weighted by atomic mass is 16.5. The molecule has 21 heavy (non-hydrogen) atoms. The van der Waals surface area contributed by atoms with E-state index in [0.29, 0.717) is 6.42 Å². The molecule has 0 saturated carbocycles. The van der Waals surface area contributed by atoms with Crippen LogP contribution in [-0.4, -0.2) is 23.3 Å². The van der Waals surface area contributed by atoms with Crippen molar-refractivity contribution >= 4 is 0 Å². The first-order valence-electron chi connectivity index (χ1n) is 7.48. The molecule has 0 aliphatic rings. The summed E-state index contributed by atoms with van der Waals surface area (Å²) >= 11 is 0. The summed E-state index contributed by atoms with van der Waals surface area (Å²) < 4.78 is 5.14. The van der Waals surface area contributed by atoms with E-state index in [1.54, 1.807) is 13.3 Å². The van der Waals surface area contributed by atoms with E-state index < -0.39 is 0 Å². The first-order valence-corrected chi connectivity index (χ1v) is 7.48. The number of aliphatic hydroxyl groups excluding tert-OH is 1. The van der Waals surface area contributed by atoms with Crippen LogP contribution in [0.2, 0.25) is 0 Å². The molecule has 0 amide bonds. The highest BCUT2D eigenvalue weighted by molar-refractivity contribution is 5.27. The van der Waals surface area contributed by atoms with Gasteiger partial charge in [0.2, 0.25) is 0 Å². The zero-order valence-corrected chi connectivity index (χ0v) is 12.5. The van der Waals surface area contributed by atoms with Gasteiger partial charge in [-0.2, -0.15) is 0 Å². The van der Waals surface area contributed by atoms with Crippen LogP contribution in [0, 0.1) is 0 Å². The zero-order chi connectivity index (χ0) is 14.9. The molecule has 0 bridgehead atoms. The maximum atomic E-state index is 10.0. The standard InChI is InChI=1S/C18H23NO2/c1-21-18-10-8-15(9-11-18)5-2-3-7-17(20)13-16-6-4-12-19-14-16/h4,6,8-12,14,17,20H,2-3,5,7,13H2,1H3. The van der Waals surface area contributed by atoms with Crippen LogP contribution in [-0.2, 0) is 12.8 Å². The van der Waals surface area contributed by atoms with E-state index >= 15 is 0 Å². The molecule has 0 aliphatic heterocycles. The molecule has 1 N–H and O–H groups in total. The molecule has 0 fully saturated rings. The van der Waals surface area contributed by atoms with Gasteiger partial charge in [0.05, 0.1) is 13.2 Å². The Morgan fingerprint density at radius 1 is 1.10 bits per heavy atom. The van der Waals surface area contributed by atoms with Crippen LogP contribution in [0.15, 0.2) is 48.8 Å². The van der Waals surface area contributed by atoms with Crippen LogP contribution in [0.1, 0.15) is 30.4 Å². The monoisotopic (exact) mass is 285 g/mol. The number of aliphatic hydroxyl groups is 1. The van der Waals surface area contributed by atoms with Crippen molar-refractivity contribution in [2.75, 3.05) is 7.11 Å². The van der Waals surface area contributed by atoms with Gasteiger partial charge in [0.1, 0.15) is 5.75 Å². The lowest BCUT2D eigenvalue weighted by atomic mass is 10.0. The molecule has 3 heteroatoms. The Balaban J connectivity index is 1.64. The third-order valence-corrected chi connectivity index (χ3v) is 3.61. The van der Waals surface area contributed by atoms with Crippen LogP contribution in [0.5, 0.6) is 5.75 Å². The molecule has 2 rings (SSSR count). The zero-order valence-electron chi connectivity index (χ0n) is 12.5. The largest absolute Gasteiger partial charge is 0.497 e. The average Bonchev–Trinajstić information content (AvgIpc) is 2.53. The Kier molecular flexibility index (Phi) is 6.22. The quantitative estimate of drug-likeness (QED) is 0.756. The summed E-state index contributed by atoms with van der Waals surface area (Å²) in [7, 11) is 1.68. The van der Waals surface area contributed by atoms with Crippen molar-refractivity contribution in [3.8, 4) is 5.75 Å². The van der Waals surface area contributed by atoms with Crippen molar-refractivity contribution in [1.29, 1.82) is 0 Å². The van der Waals surface area contributed by atoms with E-state index in [9.17, 15) is 5.11 Å². The van der Waals surface area contributed by atoms with Gasteiger partial charge in [-0.15, -0.1) is 0 Å². The van der Waals surface area contributed by atoms with Gasteiger partial charge in [-0.25, -0.2) is 0 Å². The first-order chi connectivity index (χ1) is 10.3. The molecule has 1 aromatic heterocycles. The fourth-order valence-corrected chi connectivity index (χ4v) is 2.39. The summed E-state index contributed by atoms with van der Waals surface area (Å²) in [6.07, 6.45) is 8.00. The van der Waals surface area contributed by atoms with Gasteiger partial charge in [-0.05, 0) is 55.0 Å². The number of aromatic nitrogens is 1. The second-order valence-corrected chi connectivity index (χ2v) is 5.31. The molecule has 1 unspecified atom stereocenters. The van der Waals surface area contributed by atoms with Crippen molar-refractivity contribution in [2.24, 2.45) is 0 Å². The number of ether oxygens (including phenoxy) is 1. The SMILES string of the molecule is COc1ccc(CCCCC(O)Cc2cccnc2)cc1. The summed E-state index contributed by atoms with van der Waals surface area (Å²) in [5.41, 5.74) is 2.41. The molecular formula is C18H23NO2. The van der Waals surface area contributed by atoms with E-state index in [2.05, 4.69) is 17.1 Å². The predicted molar refractivity (Wildman–Crippen MR) is 84.5 cm³/mol. The molecule has 112 valence electrons. The van der Waals surface area contributed by atoms with Gasteiger partial charge in [-0.3, -0.25) is 4.98 Å². The van der Waals surface area contributed by atoms with Gasteiger partial charge in [0.15, 0.2) is 0 Å². The van der Waals surface area contributed by atoms with Crippen LogP contribution in [0.4, 0.5) is 0 Å². The average molecular weight is 285 g/mol. The van der Waals surface area contributed by atoms with Gasteiger partial charge in [0, 0.05) is 12.4 Å². The maximum absolute atomic E-state index is 10.0. The molecule has 3 nitrogen and oxygen atoms in total. The Labute approximate surface area is 126 Å². The highest BCUT2D eigenvalue weighted by Gasteiger charge is 2.05. The van der Waals surface area contributed by atoms with Gasteiger partial charge in [0.25, 0.3) is 0 Å². The lowest BCUT2D eigenvalue weighted by Crippen LogP contribution is -2.10. The number of nitrogens with zero attached hydrogens (tertiary/aromatic N) is 1. The van der Waals surface area contributed by atoms with Gasteiger partial charge >= 0.3 is 0 Å².